The molecule has 3 rings (SSSR count). The quantitative estimate of drug-likeness (QED) is 0.466. The summed E-state index contributed by atoms with van der Waals surface area (Å²) in [6, 6.07) is 0. The molecule has 3 aliphatic carbocycles. The normalized spacial score (nSPS) is 40.1. The summed E-state index contributed by atoms with van der Waals surface area (Å²) in [7, 11) is 0. The summed E-state index contributed by atoms with van der Waals surface area (Å²) in [6.07, 6.45) is 22.4. The first-order valence-electron chi connectivity index (χ1n) is 11.9. The van der Waals surface area contributed by atoms with Gasteiger partial charge in [0.2, 0.25) is 0 Å². The van der Waals surface area contributed by atoms with Crippen LogP contribution in [0.4, 0.5) is 0 Å². The first-order chi connectivity index (χ1) is 12.2. The Bertz CT molecular complexity index is 341. The molecule has 0 heterocycles. The fourth-order valence-corrected chi connectivity index (χ4v) is 5.94. The molecule has 25 heavy (non-hydrogen) atoms. The summed E-state index contributed by atoms with van der Waals surface area (Å²) < 4.78 is 6.30. The highest BCUT2D eigenvalue weighted by atomic mass is 16.5. The van der Waals surface area contributed by atoms with Gasteiger partial charge in [0.05, 0.1) is 6.10 Å². The molecule has 1 nitrogen and oxygen atoms in total. The largest absolute Gasteiger partial charge is 0.378 e. The average Bonchev–Trinajstić information content (AvgIpc) is 2.67. The van der Waals surface area contributed by atoms with E-state index in [1.807, 2.05) is 0 Å². The Morgan fingerprint density at radius 3 is 1.80 bits per heavy atom. The molecule has 0 saturated heterocycles. The highest BCUT2D eigenvalue weighted by molar-refractivity contribution is 4.82. The standard InChI is InChI=1S/C24H44O/c1-3-4-5-20-8-12-22(13-9-20)23-14-10-21(11-15-23)18-25-24-16-6-19(2)7-17-24/h19-24H,3-18H2,1-2H3. The number of ether oxygens (including phenoxy) is 1. The van der Waals surface area contributed by atoms with Crippen molar-refractivity contribution >= 4 is 0 Å². The molecule has 0 aromatic carbocycles. The molecule has 3 aliphatic rings. The molecule has 0 aromatic heterocycles. The van der Waals surface area contributed by atoms with Crippen molar-refractivity contribution in [3.05, 3.63) is 0 Å². The van der Waals surface area contributed by atoms with E-state index < -0.39 is 0 Å². The summed E-state index contributed by atoms with van der Waals surface area (Å²) in [5, 5.41) is 0. The summed E-state index contributed by atoms with van der Waals surface area (Å²) in [5.74, 6) is 5.00. The zero-order valence-corrected chi connectivity index (χ0v) is 17.2. The van der Waals surface area contributed by atoms with Gasteiger partial charge in [-0.1, -0.05) is 46.0 Å². The highest BCUT2D eigenvalue weighted by Gasteiger charge is 2.31. The topological polar surface area (TPSA) is 9.23 Å². The van der Waals surface area contributed by atoms with Gasteiger partial charge in [0, 0.05) is 6.61 Å². The third-order valence-electron chi connectivity index (χ3n) is 7.95. The van der Waals surface area contributed by atoms with Gasteiger partial charge in [-0.15, -0.1) is 0 Å². The molecule has 0 unspecified atom stereocenters. The van der Waals surface area contributed by atoms with Crippen molar-refractivity contribution in [1.29, 1.82) is 0 Å². The smallest absolute Gasteiger partial charge is 0.0575 e. The third-order valence-corrected chi connectivity index (χ3v) is 7.95. The van der Waals surface area contributed by atoms with E-state index in [9.17, 15) is 0 Å². The van der Waals surface area contributed by atoms with Crippen LogP contribution < -0.4 is 0 Å². The maximum Gasteiger partial charge on any atom is 0.0575 e. The molecular formula is C24H44O. The van der Waals surface area contributed by atoms with E-state index in [-0.39, 0.29) is 0 Å². The van der Waals surface area contributed by atoms with E-state index in [2.05, 4.69) is 13.8 Å². The summed E-state index contributed by atoms with van der Waals surface area (Å²) in [6.45, 7) is 5.80. The van der Waals surface area contributed by atoms with Crippen molar-refractivity contribution in [3.63, 3.8) is 0 Å². The molecule has 3 fully saturated rings. The Morgan fingerprint density at radius 1 is 0.680 bits per heavy atom. The van der Waals surface area contributed by atoms with Gasteiger partial charge in [-0.25, -0.2) is 0 Å². The zero-order chi connectivity index (χ0) is 17.5. The van der Waals surface area contributed by atoms with Gasteiger partial charge in [-0.2, -0.15) is 0 Å². The first-order valence-corrected chi connectivity index (χ1v) is 11.9. The lowest BCUT2D eigenvalue weighted by atomic mass is 9.69. The Hall–Kier alpha value is -0.0400. The van der Waals surface area contributed by atoms with Crippen molar-refractivity contribution in [2.45, 2.75) is 116 Å². The van der Waals surface area contributed by atoms with E-state index in [0.29, 0.717) is 6.10 Å². The average molecular weight is 349 g/mol. The Labute approximate surface area is 157 Å². The molecule has 0 amide bonds. The fraction of sp³-hybridized carbons (Fsp3) is 1.00. The van der Waals surface area contributed by atoms with Crippen LogP contribution in [-0.4, -0.2) is 12.7 Å². The van der Waals surface area contributed by atoms with Crippen LogP contribution in [0.5, 0.6) is 0 Å². The fourth-order valence-electron chi connectivity index (χ4n) is 5.94. The molecule has 0 bridgehead atoms. The SMILES string of the molecule is CCCCC1CCC(C2CCC(COC3CCC(C)CC3)CC2)CC1. The van der Waals surface area contributed by atoms with Crippen LogP contribution in [0, 0.1) is 29.6 Å². The maximum absolute atomic E-state index is 6.30. The van der Waals surface area contributed by atoms with Crippen LogP contribution >= 0.6 is 0 Å². The van der Waals surface area contributed by atoms with Gasteiger partial charge in [0.25, 0.3) is 0 Å². The second-order valence-electron chi connectivity index (χ2n) is 9.92. The van der Waals surface area contributed by atoms with Crippen LogP contribution in [0.15, 0.2) is 0 Å². The van der Waals surface area contributed by atoms with E-state index >= 15 is 0 Å². The first kappa shape index (κ1) is 19.7. The molecule has 0 atom stereocenters. The van der Waals surface area contributed by atoms with Crippen molar-refractivity contribution in [1.82, 2.24) is 0 Å². The minimum atomic E-state index is 0.590. The lowest BCUT2D eigenvalue weighted by Gasteiger charge is -2.38. The van der Waals surface area contributed by atoms with Crippen molar-refractivity contribution < 1.29 is 4.74 Å². The van der Waals surface area contributed by atoms with Gasteiger partial charge < -0.3 is 4.74 Å². The predicted molar refractivity (Wildman–Crippen MR) is 108 cm³/mol. The molecule has 0 radical (unpaired) electrons. The van der Waals surface area contributed by atoms with Crippen LogP contribution in [0.3, 0.4) is 0 Å². The molecule has 0 N–H and O–H groups in total. The minimum Gasteiger partial charge on any atom is -0.378 e. The lowest BCUT2D eigenvalue weighted by Crippen LogP contribution is -2.28. The zero-order valence-electron chi connectivity index (χ0n) is 17.2. The van der Waals surface area contributed by atoms with Gasteiger partial charge in [-0.05, 0) is 93.8 Å². The van der Waals surface area contributed by atoms with Crippen LogP contribution in [0.1, 0.15) is 110 Å². The van der Waals surface area contributed by atoms with E-state index in [1.54, 1.807) is 12.8 Å². The van der Waals surface area contributed by atoms with Crippen LogP contribution in [0.25, 0.3) is 0 Å². The summed E-state index contributed by atoms with van der Waals surface area (Å²) in [5.41, 5.74) is 0. The molecule has 3 saturated carbocycles. The number of rotatable bonds is 7. The van der Waals surface area contributed by atoms with E-state index in [1.165, 1.54) is 83.5 Å². The summed E-state index contributed by atoms with van der Waals surface area (Å²) >= 11 is 0. The van der Waals surface area contributed by atoms with Crippen molar-refractivity contribution in [3.8, 4) is 0 Å². The molecule has 0 aliphatic heterocycles. The molecule has 0 spiro atoms. The highest BCUT2D eigenvalue weighted by Crippen LogP contribution is 2.42. The molecular weight excluding hydrogens is 304 g/mol. The Balaban J connectivity index is 1.28. The van der Waals surface area contributed by atoms with Crippen molar-refractivity contribution in [2.75, 3.05) is 6.61 Å². The number of unbranched alkanes of at least 4 members (excludes halogenated alkanes) is 1. The predicted octanol–water partition coefficient (Wildman–Crippen LogP) is 7.38. The van der Waals surface area contributed by atoms with Crippen LogP contribution in [-0.2, 0) is 4.74 Å². The van der Waals surface area contributed by atoms with E-state index in [0.717, 1.165) is 36.2 Å². The van der Waals surface area contributed by atoms with Crippen LogP contribution in [0.2, 0.25) is 0 Å². The second kappa shape index (κ2) is 10.3. The Kier molecular flexibility index (Phi) is 8.15. The minimum absolute atomic E-state index is 0.590. The Morgan fingerprint density at radius 2 is 1.24 bits per heavy atom. The van der Waals surface area contributed by atoms with Gasteiger partial charge in [0.1, 0.15) is 0 Å². The molecule has 0 aromatic rings. The molecule has 146 valence electrons. The summed E-state index contributed by atoms with van der Waals surface area (Å²) in [4.78, 5) is 0. The lowest BCUT2D eigenvalue weighted by molar-refractivity contribution is -0.0111. The monoisotopic (exact) mass is 348 g/mol. The number of hydrogen-bond donors (Lipinski definition) is 0. The third kappa shape index (κ3) is 6.26. The van der Waals surface area contributed by atoms with Gasteiger partial charge in [-0.3, -0.25) is 0 Å². The van der Waals surface area contributed by atoms with Gasteiger partial charge in [0.15, 0.2) is 0 Å². The molecule has 1 heteroatoms. The second-order valence-corrected chi connectivity index (χ2v) is 9.92. The van der Waals surface area contributed by atoms with Crippen molar-refractivity contribution in [2.24, 2.45) is 29.6 Å². The van der Waals surface area contributed by atoms with E-state index in [4.69, 9.17) is 4.74 Å². The maximum atomic E-state index is 6.30. The number of hydrogen-bond acceptors (Lipinski definition) is 1. The van der Waals surface area contributed by atoms with Gasteiger partial charge >= 0.3 is 0 Å².